The van der Waals surface area contributed by atoms with Crippen LogP contribution in [0.5, 0.6) is 0 Å². The minimum Gasteiger partial charge on any atom is -0.455 e. The lowest BCUT2D eigenvalue weighted by molar-refractivity contribution is 0.672. The molecule has 0 saturated heterocycles. The van der Waals surface area contributed by atoms with Crippen molar-refractivity contribution < 1.29 is 4.42 Å². The molecule has 0 unspecified atom stereocenters. The van der Waals surface area contributed by atoms with Gasteiger partial charge in [-0.15, -0.1) is 0 Å². The van der Waals surface area contributed by atoms with E-state index >= 15 is 0 Å². The van der Waals surface area contributed by atoms with Crippen LogP contribution in [0.1, 0.15) is 11.1 Å². The van der Waals surface area contributed by atoms with E-state index in [0.717, 1.165) is 73.2 Å². The fraction of sp³-hybridized carbons (Fsp3) is 0.0208. The number of hydrogen-bond donors (Lipinski definition) is 0. The molecule has 0 atom stereocenters. The first kappa shape index (κ1) is 30.5. The van der Waals surface area contributed by atoms with Crippen molar-refractivity contribution in [2.45, 2.75) is 16.2 Å². The van der Waals surface area contributed by atoms with Gasteiger partial charge in [0.05, 0.1) is 17.1 Å². The predicted octanol–water partition coefficient (Wildman–Crippen LogP) is 13.7. The van der Waals surface area contributed by atoms with E-state index < -0.39 is 0 Å². The van der Waals surface area contributed by atoms with E-state index in [0.29, 0.717) is 0 Å². The maximum Gasteiger partial charge on any atom is 0.144 e. The number of fused-ring (bicyclic) bond motifs is 6. The number of aliphatic imine (C=N–C) groups is 1. The van der Waals surface area contributed by atoms with Gasteiger partial charge in [0.15, 0.2) is 0 Å². The minimum atomic E-state index is 0.737. The minimum absolute atomic E-state index is 0.737. The van der Waals surface area contributed by atoms with Crippen LogP contribution in [0.15, 0.2) is 201 Å². The Hall–Kier alpha value is -6.36. The van der Waals surface area contributed by atoms with Gasteiger partial charge in [0, 0.05) is 54.7 Å². The zero-order valence-corrected chi connectivity index (χ0v) is 29.1. The van der Waals surface area contributed by atoms with Crippen molar-refractivity contribution in [2.24, 2.45) is 4.99 Å². The SMILES string of the molecule is c1ccc(Sc2cccc(N(c3ccc(-c4ccccc4)cc3)c3c(C4=Nc5ccccc5C4)c4c5ccccc5oc4c4ccccc34)c2)cc1. The Kier molecular flexibility index (Phi) is 7.47. The number of furan rings is 1. The molecule has 0 spiro atoms. The van der Waals surface area contributed by atoms with Gasteiger partial charge >= 0.3 is 0 Å². The summed E-state index contributed by atoms with van der Waals surface area (Å²) >= 11 is 1.77. The summed E-state index contributed by atoms with van der Waals surface area (Å²) in [6.07, 6.45) is 0.737. The molecule has 0 bridgehead atoms. The highest BCUT2D eigenvalue weighted by Gasteiger charge is 2.30. The molecule has 3 nitrogen and oxygen atoms in total. The third-order valence-corrected chi connectivity index (χ3v) is 10.9. The second kappa shape index (κ2) is 12.8. The highest BCUT2D eigenvalue weighted by molar-refractivity contribution is 7.99. The molecule has 1 aromatic heterocycles. The van der Waals surface area contributed by atoms with Crippen LogP contribution in [0, 0.1) is 0 Å². The Balaban J connectivity index is 1.28. The quantitative estimate of drug-likeness (QED) is 0.167. The van der Waals surface area contributed by atoms with Gasteiger partial charge in [-0.2, -0.15) is 0 Å². The van der Waals surface area contributed by atoms with Gasteiger partial charge in [-0.25, -0.2) is 0 Å². The second-order valence-corrected chi connectivity index (χ2v) is 14.2. The molecule has 0 aliphatic carbocycles. The van der Waals surface area contributed by atoms with Gasteiger partial charge in [-0.05, 0) is 71.3 Å². The molecule has 246 valence electrons. The summed E-state index contributed by atoms with van der Waals surface area (Å²) in [5.74, 6) is 0. The van der Waals surface area contributed by atoms with Crippen LogP contribution in [0.3, 0.4) is 0 Å². The average molecular weight is 685 g/mol. The number of para-hydroxylation sites is 2. The lowest BCUT2D eigenvalue weighted by Gasteiger charge is -2.30. The monoisotopic (exact) mass is 684 g/mol. The molecule has 1 aliphatic rings. The van der Waals surface area contributed by atoms with Gasteiger partial charge < -0.3 is 9.32 Å². The van der Waals surface area contributed by atoms with E-state index in [-0.39, 0.29) is 0 Å². The van der Waals surface area contributed by atoms with Crippen molar-refractivity contribution >= 4 is 72.9 Å². The lowest BCUT2D eigenvalue weighted by atomic mass is 9.91. The van der Waals surface area contributed by atoms with Crippen LogP contribution in [-0.2, 0) is 6.42 Å². The van der Waals surface area contributed by atoms with E-state index in [9.17, 15) is 0 Å². The lowest BCUT2D eigenvalue weighted by Crippen LogP contribution is -2.16. The van der Waals surface area contributed by atoms with Gasteiger partial charge in [-0.1, -0.05) is 139 Å². The second-order valence-electron chi connectivity index (χ2n) is 13.1. The molecule has 0 radical (unpaired) electrons. The largest absolute Gasteiger partial charge is 0.455 e. The van der Waals surface area contributed by atoms with E-state index in [1.54, 1.807) is 11.8 Å². The van der Waals surface area contributed by atoms with Crippen LogP contribution in [0.25, 0.3) is 43.8 Å². The van der Waals surface area contributed by atoms with Crippen molar-refractivity contribution in [1.29, 1.82) is 0 Å². The Morgan fingerprint density at radius 3 is 1.98 bits per heavy atom. The molecular weight excluding hydrogens is 653 g/mol. The van der Waals surface area contributed by atoms with Crippen molar-refractivity contribution in [3.8, 4) is 11.1 Å². The number of hydrogen-bond acceptors (Lipinski definition) is 4. The van der Waals surface area contributed by atoms with Crippen LogP contribution in [0.2, 0.25) is 0 Å². The summed E-state index contributed by atoms with van der Waals surface area (Å²) in [4.78, 5) is 10.2. The molecule has 0 saturated carbocycles. The number of benzene rings is 8. The van der Waals surface area contributed by atoms with Crippen molar-refractivity contribution in [1.82, 2.24) is 0 Å². The first-order valence-corrected chi connectivity index (χ1v) is 18.4. The van der Waals surface area contributed by atoms with Crippen LogP contribution in [-0.4, -0.2) is 5.71 Å². The molecule has 0 amide bonds. The van der Waals surface area contributed by atoms with E-state index in [2.05, 4.69) is 181 Å². The fourth-order valence-electron chi connectivity index (χ4n) is 7.57. The topological polar surface area (TPSA) is 28.7 Å². The summed E-state index contributed by atoms with van der Waals surface area (Å²) in [6.45, 7) is 0. The van der Waals surface area contributed by atoms with Crippen molar-refractivity contribution in [3.63, 3.8) is 0 Å². The molecule has 4 heteroatoms. The maximum absolute atomic E-state index is 6.76. The highest BCUT2D eigenvalue weighted by Crippen LogP contribution is 2.50. The Morgan fingerprint density at radius 1 is 0.519 bits per heavy atom. The summed E-state index contributed by atoms with van der Waals surface area (Å²) in [5, 5.41) is 4.36. The molecule has 52 heavy (non-hydrogen) atoms. The smallest absolute Gasteiger partial charge is 0.144 e. The molecule has 9 aromatic rings. The molecule has 8 aromatic carbocycles. The van der Waals surface area contributed by atoms with Crippen molar-refractivity contribution in [3.05, 3.63) is 193 Å². The fourth-order valence-corrected chi connectivity index (χ4v) is 8.46. The summed E-state index contributed by atoms with van der Waals surface area (Å²) in [6, 6.07) is 64.6. The summed E-state index contributed by atoms with van der Waals surface area (Å²) < 4.78 is 6.76. The summed E-state index contributed by atoms with van der Waals surface area (Å²) in [5.41, 5.74) is 11.8. The molecule has 10 rings (SSSR count). The van der Waals surface area contributed by atoms with E-state index in [1.165, 1.54) is 26.5 Å². The molecule has 0 N–H and O–H groups in total. The van der Waals surface area contributed by atoms with Crippen LogP contribution >= 0.6 is 11.8 Å². The van der Waals surface area contributed by atoms with Crippen LogP contribution in [0.4, 0.5) is 22.7 Å². The normalized spacial score (nSPS) is 12.3. The maximum atomic E-state index is 6.76. The van der Waals surface area contributed by atoms with Gasteiger partial charge in [0.1, 0.15) is 11.2 Å². The molecular formula is C48H32N2OS. The predicted molar refractivity (Wildman–Crippen MR) is 218 cm³/mol. The average Bonchev–Trinajstić information content (AvgIpc) is 3.82. The zero-order valence-electron chi connectivity index (χ0n) is 28.2. The third kappa shape index (κ3) is 5.28. The van der Waals surface area contributed by atoms with Gasteiger partial charge in [-0.3, -0.25) is 4.99 Å². The number of rotatable bonds is 7. The zero-order chi connectivity index (χ0) is 34.4. The van der Waals surface area contributed by atoms with E-state index in [4.69, 9.17) is 9.41 Å². The Labute approximate surface area is 306 Å². The molecule has 2 heterocycles. The van der Waals surface area contributed by atoms with Gasteiger partial charge in [0.2, 0.25) is 0 Å². The summed E-state index contributed by atoms with van der Waals surface area (Å²) in [7, 11) is 0. The molecule has 1 aliphatic heterocycles. The van der Waals surface area contributed by atoms with E-state index in [1.807, 2.05) is 6.07 Å². The Bertz CT molecular complexity index is 2790. The van der Waals surface area contributed by atoms with Gasteiger partial charge in [0.25, 0.3) is 0 Å². The first-order valence-electron chi connectivity index (χ1n) is 17.6. The standard InChI is InChI=1S/C48H32N2OS/c1-3-14-32(15-4-1)33-26-28-35(29-27-33)50(36-17-13-20-38(31-36)52-37-18-5-2-6-19-37)47-39-21-8-9-22-40(39)48-45(41-23-10-12-25-44(41)51-48)46(47)43-30-34-16-7-11-24-42(34)49-43/h1-29,31H,30H2. The number of anilines is 3. The number of nitrogens with zero attached hydrogens (tertiary/aromatic N) is 2. The van der Waals surface area contributed by atoms with Crippen LogP contribution < -0.4 is 4.90 Å². The third-order valence-electron chi connectivity index (χ3n) is 9.91. The Morgan fingerprint density at radius 2 is 1.17 bits per heavy atom. The highest BCUT2D eigenvalue weighted by atomic mass is 32.2. The van der Waals surface area contributed by atoms with Crippen molar-refractivity contribution in [2.75, 3.05) is 4.90 Å². The molecule has 0 fully saturated rings. The first-order chi connectivity index (χ1) is 25.8.